The summed E-state index contributed by atoms with van der Waals surface area (Å²) in [5, 5.41) is 4.46. The lowest BCUT2D eigenvalue weighted by molar-refractivity contribution is -0.121. The van der Waals surface area contributed by atoms with Gasteiger partial charge in [-0.25, -0.2) is 0 Å². The molecule has 1 aliphatic rings. The van der Waals surface area contributed by atoms with Crippen molar-refractivity contribution in [3.8, 4) is 0 Å². The van der Waals surface area contributed by atoms with E-state index in [1.165, 1.54) is 0 Å². The van der Waals surface area contributed by atoms with Gasteiger partial charge in [0.1, 0.15) is 0 Å². The second-order valence-electron chi connectivity index (χ2n) is 4.46. The maximum atomic E-state index is 12.4. The molecule has 1 aromatic carbocycles. The van der Waals surface area contributed by atoms with E-state index in [-0.39, 0.29) is 11.9 Å². The Kier molecular flexibility index (Phi) is 4.96. The van der Waals surface area contributed by atoms with E-state index < -0.39 is 0 Å². The van der Waals surface area contributed by atoms with Crippen LogP contribution in [0.4, 0.5) is 5.69 Å². The first kappa shape index (κ1) is 14.9. The number of rotatable bonds is 3. The SMILES string of the molecule is CCNC1CCCN(c2c(Cl)cc(Cl)cc2Cl)C1=O. The van der Waals surface area contributed by atoms with Gasteiger partial charge in [-0.1, -0.05) is 41.7 Å². The maximum absolute atomic E-state index is 12.4. The Morgan fingerprint density at radius 3 is 2.53 bits per heavy atom. The van der Waals surface area contributed by atoms with E-state index in [0.717, 1.165) is 19.4 Å². The molecule has 1 aliphatic heterocycles. The van der Waals surface area contributed by atoms with Gasteiger partial charge in [-0.05, 0) is 31.5 Å². The van der Waals surface area contributed by atoms with Crippen LogP contribution in [-0.4, -0.2) is 25.0 Å². The number of carbonyl (C=O) groups excluding carboxylic acids is 1. The van der Waals surface area contributed by atoms with Crippen LogP contribution >= 0.6 is 34.8 Å². The fourth-order valence-electron chi connectivity index (χ4n) is 2.33. The summed E-state index contributed by atoms with van der Waals surface area (Å²) in [4.78, 5) is 14.1. The van der Waals surface area contributed by atoms with E-state index in [2.05, 4.69) is 5.32 Å². The van der Waals surface area contributed by atoms with Crippen LogP contribution in [0.2, 0.25) is 15.1 Å². The zero-order chi connectivity index (χ0) is 14.0. The molecule has 19 heavy (non-hydrogen) atoms. The quantitative estimate of drug-likeness (QED) is 0.919. The Morgan fingerprint density at radius 1 is 1.32 bits per heavy atom. The van der Waals surface area contributed by atoms with E-state index in [1.54, 1.807) is 17.0 Å². The number of halogens is 3. The second-order valence-corrected chi connectivity index (χ2v) is 5.71. The first-order chi connectivity index (χ1) is 9.04. The van der Waals surface area contributed by atoms with Gasteiger partial charge in [-0.15, -0.1) is 0 Å². The topological polar surface area (TPSA) is 32.3 Å². The zero-order valence-corrected chi connectivity index (χ0v) is 12.8. The van der Waals surface area contributed by atoms with Crippen LogP contribution in [0.15, 0.2) is 12.1 Å². The molecule has 3 nitrogen and oxygen atoms in total. The molecule has 6 heteroatoms. The van der Waals surface area contributed by atoms with Gasteiger partial charge < -0.3 is 10.2 Å². The van der Waals surface area contributed by atoms with Crippen LogP contribution in [-0.2, 0) is 4.79 Å². The number of piperidine rings is 1. The van der Waals surface area contributed by atoms with E-state index in [9.17, 15) is 4.79 Å². The van der Waals surface area contributed by atoms with Crippen LogP contribution in [0.5, 0.6) is 0 Å². The van der Waals surface area contributed by atoms with Gasteiger partial charge in [-0.2, -0.15) is 0 Å². The number of carbonyl (C=O) groups is 1. The van der Waals surface area contributed by atoms with Crippen molar-refractivity contribution in [3.05, 3.63) is 27.2 Å². The monoisotopic (exact) mass is 320 g/mol. The molecule has 0 spiro atoms. The van der Waals surface area contributed by atoms with E-state index in [0.29, 0.717) is 27.3 Å². The minimum atomic E-state index is -0.165. The Balaban J connectivity index is 2.33. The molecule has 0 radical (unpaired) electrons. The number of hydrogen-bond donors (Lipinski definition) is 1. The standard InChI is InChI=1S/C13H15Cl3N2O/c1-2-17-11-4-3-5-18(13(11)19)12-9(15)6-8(14)7-10(12)16/h6-7,11,17H,2-5H2,1H3. The molecule has 1 amide bonds. The molecule has 104 valence electrons. The summed E-state index contributed by atoms with van der Waals surface area (Å²) in [6.45, 7) is 3.36. The van der Waals surface area contributed by atoms with Gasteiger partial charge in [0.05, 0.1) is 21.8 Å². The predicted molar refractivity (Wildman–Crippen MR) is 80.5 cm³/mol. The van der Waals surface area contributed by atoms with Crippen molar-refractivity contribution in [1.29, 1.82) is 0 Å². The normalized spacial score (nSPS) is 19.9. The van der Waals surface area contributed by atoms with Crippen molar-refractivity contribution < 1.29 is 4.79 Å². The molecule has 1 aromatic rings. The predicted octanol–water partition coefficient (Wildman–Crippen LogP) is 3.75. The van der Waals surface area contributed by atoms with Crippen LogP contribution in [0, 0.1) is 0 Å². The van der Waals surface area contributed by atoms with Gasteiger partial charge in [0, 0.05) is 11.6 Å². The number of nitrogens with one attached hydrogen (secondary N) is 1. The van der Waals surface area contributed by atoms with Gasteiger partial charge in [0.25, 0.3) is 0 Å². The van der Waals surface area contributed by atoms with Gasteiger partial charge in [0.2, 0.25) is 5.91 Å². The summed E-state index contributed by atoms with van der Waals surface area (Å²) in [6, 6.07) is 3.05. The summed E-state index contributed by atoms with van der Waals surface area (Å²) in [7, 11) is 0. The van der Waals surface area contributed by atoms with Crippen molar-refractivity contribution in [2.75, 3.05) is 18.0 Å². The number of hydrogen-bond acceptors (Lipinski definition) is 2. The van der Waals surface area contributed by atoms with Gasteiger partial charge in [0.15, 0.2) is 0 Å². The van der Waals surface area contributed by atoms with Crippen LogP contribution in [0.3, 0.4) is 0 Å². The molecule has 1 unspecified atom stereocenters. The average Bonchev–Trinajstić information content (AvgIpc) is 2.32. The Bertz CT molecular complexity index is 468. The number of anilines is 1. The number of benzene rings is 1. The minimum absolute atomic E-state index is 0.0132. The Morgan fingerprint density at radius 2 is 1.95 bits per heavy atom. The van der Waals surface area contributed by atoms with Gasteiger partial charge in [-0.3, -0.25) is 4.79 Å². The van der Waals surface area contributed by atoms with E-state index in [4.69, 9.17) is 34.8 Å². The highest BCUT2D eigenvalue weighted by Gasteiger charge is 2.31. The first-order valence-corrected chi connectivity index (χ1v) is 7.37. The Labute approximate surface area is 127 Å². The summed E-state index contributed by atoms with van der Waals surface area (Å²) in [5.74, 6) is 0.0132. The number of likely N-dealkylation sites (N-methyl/N-ethyl adjacent to an activating group) is 1. The Hall–Kier alpha value is -0.480. The molecule has 2 rings (SSSR count). The summed E-state index contributed by atoms with van der Waals surface area (Å²) in [5.41, 5.74) is 0.556. The fraction of sp³-hybridized carbons (Fsp3) is 0.462. The molecule has 1 saturated heterocycles. The van der Waals surface area contributed by atoms with Crippen LogP contribution in [0.25, 0.3) is 0 Å². The van der Waals surface area contributed by atoms with Crippen LogP contribution in [0.1, 0.15) is 19.8 Å². The summed E-state index contributed by atoms with van der Waals surface area (Å²) in [6.07, 6.45) is 1.75. The van der Waals surface area contributed by atoms with Crippen molar-refractivity contribution in [1.82, 2.24) is 5.32 Å². The van der Waals surface area contributed by atoms with Crippen molar-refractivity contribution >= 4 is 46.4 Å². The molecule has 0 aromatic heterocycles. The maximum Gasteiger partial charge on any atom is 0.244 e. The number of nitrogens with zero attached hydrogens (tertiary/aromatic N) is 1. The largest absolute Gasteiger partial charge is 0.308 e. The molecule has 1 fully saturated rings. The summed E-state index contributed by atoms with van der Waals surface area (Å²) < 4.78 is 0. The molecular formula is C13H15Cl3N2O. The lowest BCUT2D eigenvalue weighted by Crippen LogP contribution is -2.51. The smallest absolute Gasteiger partial charge is 0.244 e. The molecule has 0 saturated carbocycles. The van der Waals surface area contributed by atoms with E-state index in [1.807, 2.05) is 6.92 Å². The van der Waals surface area contributed by atoms with E-state index >= 15 is 0 Å². The molecule has 1 atom stereocenters. The molecule has 1 heterocycles. The lowest BCUT2D eigenvalue weighted by atomic mass is 10.0. The number of amides is 1. The van der Waals surface area contributed by atoms with Crippen molar-refractivity contribution in [2.45, 2.75) is 25.8 Å². The van der Waals surface area contributed by atoms with Crippen molar-refractivity contribution in [3.63, 3.8) is 0 Å². The zero-order valence-electron chi connectivity index (χ0n) is 10.5. The van der Waals surface area contributed by atoms with Crippen molar-refractivity contribution in [2.24, 2.45) is 0 Å². The fourth-order valence-corrected chi connectivity index (χ4v) is 3.35. The average molecular weight is 322 g/mol. The third kappa shape index (κ3) is 3.16. The highest BCUT2D eigenvalue weighted by molar-refractivity contribution is 6.42. The molecule has 0 aliphatic carbocycles. The molecular weight excluding hydrogens is 307 g/mol. The highest BCUT2D eigenvalue weighted by Crippen LogP contribution is 2.38. The molecule has 1 N–H and O–H groups in total. The first-order valence-electron chi connectivity index (χ1n) is 6.24. The second kappa shape index (κ2) is 6.31. The van der Waals surface area contributed by atoms with Gasteiger partial charge >= 0.3 is 0 Å². The third-order valence-electron chi connectivity index (χ3n) is 3.14. The lowest BCUT2D eigenvalue weighted by Gasteiger charge is -2.33. The highest BCUT2D eigenvalue weighted by atomic mass is 35.5. The van der Waals surface area contributed by atoms with Crippen LogP contribution < -0.4 is 10.2 Å². The third-order valence-corrected chi connectivity index (χ3v) is 3.94. The minimum Gasteiger partial charge on any atom is -0.308 e. The molecule has 0 bridgehead atoms. The summed E-state index contributed by atoms with van der Waals surface area (Å²) >= 11 is 18.2.